The molecule has 3 rings (SSSR count). The van der Waals surface area contributed by atoms with Crippen LogP contribution in [0.5, 0.6) is 5.75 Å². The third-order valence-corrected chi connectivity index (χ3v) is 6.56. The van der Waals surface area contributed by atoms with Crippen LogP contribution in [0.3, 0.4) is 0 Å². The van der Waals surface area contributed by atoms with Gasteiger partial charge in [0, 0.05) is 28.0 Å². The van der Waals surface area contributed by atoms with Crippen molar-refractivity contribution in [2.45, 2.75) is 33.6 Å². The standard InChI is InChI=1S/C29H32N2O5/c1-4-29(3,17-19(2)27(35)30-18-32)28(36)31-22-13-9-21(10-14-22)25(33)15-11-20-12-16-26(34)24-8-6-5-7-23(20)24/h5-16,19,32,34H,4,17-18H2,1-3H3,(H,30,35)(H,31,36)/b15-11+. The quantitative estimate of drug-likeness (QED) is 0.184. The molecule has 0 aliphatic carbocycles. The highest BCUT2D eigenvalue weighted by molar-refractivity contribution is 6.08. The fraction of sp³-hybridized carbons (Fsp3) is 0.276. The molecule has 0 spiro atoms. The van der Waals surface area contributed by atoms with Crippen LogP contribution in [0.1, 0.15) is 49.5 Å². The summed E-state index contributed by atoms with van der Waals surface area (Å²) in [6, 6.07) is 17.5. The molecule has 2 atom stereocenters. The molecule has 3 aromatic rings. The highest BCUT2D eigenvalue weighted by Gasteiger charge is 2.34. The van der Waals surface area contributed by atoms with Crippen LogP contribution in [0.4, 0.5) is 5.69 Å². The third-order valence-electron chi connectivity index (χ3n) is 6.56. The molecule has 0 saturated carbocycles. The molecule has 0 bridgehead atoms. The Balaban J connectivity index is 1.68. The van der Waals surface area contributed by atoms with Gasteiger partial charge in [-0.2, -0.15) is 0 Å². The number of allylic oxidation sites excluding steroid dienone is 1. The third kappa shape index (κ3) is 6.17. The SMILES string of the molecule is CCC(C)(CC(C)C(=O)NCO)C(=O)Nc1ccc(C(=O)/C=C/c2ccc(O)c3ccccc23)cc1. The van der Waals surface area contributed by atoms with Crippen molar-refractivity contribution in [3.05, 3.63) is 77.9 Å². The number of carbonyl (C=O) groups is 3. The maximum atomic E-state index is 13.0. The van der Waals surface area contributed by atoms with Gasteiger partial charge in [-0.25, -0.2) is 0 Å². The molecule has 0 heterocycles. The average molecular weight is 489 g/mol. The number of phenols is 1. The van der Waals surface area contributed by atoms with E-state index in [0.717, 1.165) is 16.3 Å². The van der Waals surface area contributed by atoms with E-state index in [9.17, 15) is 19.5 Å². The summed E-state index contributed by atoms with van der Waals surface area (Å²) < 4.78 is 0. The van der Waals surface area contributed by atoms with Crippen LogP contribution in [0.15, 0.2) is 66.7 Å². The monoisotopic (exact) mass is 488 g/mol. The summed E-state index contributed by atoms with van der Waals surface area (Å²) in [7, 11) is 0. The van der Waals surface area contributed by atoms with Crippen molar-refractivity contribution in [1.82, 2.24) is 5.32 Å². The van der Waals surface area contributed by atoms with Crippen molar-refractivity contribution in [3.63, 3.8) is 0 Å². The second-order valence-electron chi connectivity index (χ2n) is 9.17. The molecular weight excluding hydrogens is 456 g/mol. The number of aliphatic hydroxyl groups excluding tert-OH is 1. The minimum Gasteiger partial charge on any atom is -0.507 e. The zero-order valence-corrected chi connectivity index (χ0v) is 20.7. The fourth-order valence-corrected chi connectivity index (χ4v) is 4.13. The number of fused-ring (bicyclic) bond motifs is 1. The summed E-state index contributed by atoms with van der Waals surface area (Å²) in [5.74, 6) is -0.959. The zero-order chi connectivity index (χ0) is 26.3. The summed E-state index contributed by atoms with van der Waals surface area (Å²) in [6.45, 7) is 4.98. The summed E-state index contributed by atoms with van der Waals surface area (Å²) in [4.78, 5) is 37.7. The fourth-order valence-electron chi connectivity index (χ4n) is 4.13. The number of hydrogen-bond donors (Lipinski definition) is 4. The van der Waals surface area contributed by atoms with Gasteiger partial charge < -0.3 is 20.8 Å². The van der Waals surface area contributed by atoms with Crippen molar-refractivity contribution in [1.29, 1.82) is 0 Å². The number of hydrogen-bond acceptors (Lipinski definition) is 5. The first kappa shape index (κ1) is 26.6. The number of aromatic hydroxyl groups is 1. The second-order valence-corrected chi connectivity index (χ2v) is 9.17. The van der Waals surface area contributed by atoms with E-state index in [0.29, 0.717) is 24.1 Å². The minimum absolute atomic E-state index is 0.188. The highest BCUT2D eigenvalue weighted by atomic mass is 16.3. The zero-order valence-electron chi connectivity index (χ0n) is 20.7. The largest absolute Gasteiger partial charge is 0.507 e. The van der Waals surface area contributed by atoms with Crippen molar-refractivity contribution in [2.24, 2.45) is 11.3 Å². The van der Waals surface area contributed by atoms with Crippen molar-refractivity contribution >= 4 is 40.1 Å². The van der Waals surface area contributed by atoms with Crippen LogP contribution >= 0.6 is 0 Å². The van der Waals surface area contributed by atoms with E-state index in [-0.39, 0.29) is 23.3 Å². The molecule has 188 valence electrons. The Kier molecular flexibility index (Phi) is 8.61. The Labute approximate surface area is 210 Å². The lowest BCUT2D eigenvalue weighted by Gasteiger charge is -2.29. The van der Waals surface area contributed by atoms with Gasteiger partial charge in [0.1, 0.15) is 12.5 Å². The molecule has 7 nitrogen and oxygen atoms in total. The van der Waals surface area contributed by atoms with Crippen molar-refractivity contribution in [2.75, 3.05) is 12.0 Å². The van der Waals surface area contributed by atoms with Crippen LogP contribution in [0.25, 0.3) is 16.8 Å². The normalized spacial score (nSPS) is 13.8. The van der Waals surface area contributed by atoms with E-state index in [2.05, 4.69) is 10.6 Å². The highest BCUT2D eigenvalue weighted by Crippen LogP contribution is 2.32. The minimum atomic E-state index is -0.781. The van der Waals surface area contributed by atoms with Gasteiger partial charge in [0.05, 0.1) is 0 Å². The van der Waals surface area contributed by atoms with Crippen LogP contribution in [-0.2, 0) is 9.59 Å². The molecule has 0 aromatic heterocycles. The first-order valence-corrected chi connectivity index (χ1v) is 11.9. The predicted molar refractivity (Wildman–Crippen MR) is 141 cm³/mol. The van der Waals surface area contributed by atoms with Crippen LogP contribution in [0, 0.1) is 11.3 Å². The Morgan fingerprint density at radius 3 is 2.31 bits per heavy atom. The molecule has 0 aliphatic heterocycles. The van der Waals surface area contributed by atoms with E-state index >= 15 is 0 Å². The molecule has 0 fully saturated rings. The number of carbonyl (C=O) groups excluding carboxylic acids is 3. The number of amides is 2. The average Bonchev–Trinajstić information content (AvgIpc) is 2.88. The maximum absolute atomic E-state index is 13.0. The molecule has 0 aliphatic rings. The predicted octanol–water partition coefficient (Wildman–Crippen LogP) is 4.89. The van der Waals surface area contributed by atoms with E-state index in [1.165, 1.54) is 6.08 Å². The van der Waals surface area contributed by atoms with Gasteiger partial charge in [-0.3, -0.25) is 14.4 Å². The number of ketones is 1. The van der Waals surface area contributed by atoms with E-state index in [1.807, 2.05) is 31.2 Å². The van der Waals surface area contributed by atoms with Crippen molar-refractivity contribution < 1.29 is 24.6 Å². The maximum Gasteiger partial charge on any atom is 0.230 e. The Morgan fingerprint density at radius 1 is 1.00 bits per heavy atom. The summed E-state index contributed by atoms with van der Waals surface area (Å²) in [6.07, 6.45) is 4.07. The Hall–Kier alpha value is -3.97. The second kappa shape index (κ2) is 11.6. The number of rotatable bonds is 10. The van der Waals surface area contributed by atoms with Gasteiger partial charge in [0.25, 0.3) is 0 Å². The lowest BCUT2D eigenvalue weighted by Crippen LogP contribution is -2.38. The Bertz CT molecular complexity index is 1280. The molecule has 2 unspecified atom stereocenters. The smallest absolute Gasteiger partial charge is 0.230 e. The molecule has 0 radical (unpaired) electrons. The van der Waals surface area contributed by atoms with E-state index in [1.54, 1.807) is 56.3 Å². The number of phenolic OH excluding ortho intramolecular Hbond substituents is 1. The number of nitrogens with one attached hydrogen (secondary N) is 2. The topological polar surface area (TPSA) is 116 Å². The molecule has 7 heteroatoms. The van der Waals surface area contributed by atoms with Gasteiger partial charge in [-0.15, -0.1) is 0 Å². The molecule has 3 aromatic carbocycles. The van der Waals surface area contributed by atoms with E-state index < -0.39 is 18.1 Å². The molecular formula is C29H32N2O5. The lowest BCUT2D eigenvalue weighted by atomic mass is 9.78. The Morgan fingerprint density at radius 2 is 1.67 bits per heavy atom. The molecule has 36 heavy (non-hydrogen) atoms. The van der Waals surface area contributed by atoms with Gasteiger partial charge in [-0.05, 0) is 60.2 Å². The summed E-state index contributed by atoms with van der Waals surface area (Å²) in [5.41, 5.74) is 1.06. The number of anilines is 1. The summed E-state index contributed by atoms with van der Waals surface area (Å²) in [5, 5.41) is 25.8. The number of benzene rings is 3. The van der Waals surface area contributed by atoms with Crippen LogP contribution in [0.2, 0.25) is 0 Å². The van der Waals surface area contributed by atoms with Crippen LogP contribution in [-0.4, -0.2) is 34.5 Å². The van der Waals surface area contributed by atoms with E-state index in [4.69, 9.17) is 5.11 Å². The molecule has 0 saturated heterocycles. The molecule has 4 N–H and O–H groups in total. The van der Waals surface area contributed by atoms with Gasteiger partial charge in [0.15, 0.2) is 5.78 Å². The summed E-state index contributed by atoms with van der Waals surface area (Å²) >= 11 is 0. The number of aliphatic hydroxyl groups is 1. The van der Waals surface area contributed by atoms with Crippen LogP contribution < -0.4 is 10.6 Å². The van der Waals surface area contributed by atoms with Gasteiger partial charge in [-0.1, -0.05) is 57.2 Å². The first-order valence-electron chi connectivity index (χ1n) is 11.9. The van der Waals surface area contributed by atoms with Gasteiger partial charge >= 0.3 is 0 Å². The van der Waals surface area contributed by atoms with Crippen molar-refractivity contribution in [3.8, 4) is 5.75 Å². The first-order chi connectivity index (χ1) is 17.2. The van der Waals surface area contributed by atoms with Gasteiger partial charge in [0.2, 0.25) is 11.8 Å². The molecule has 2 amide bonds. The lowest BCUT2D eigenvalue weighted by molar-refractivity contribution is -0.130.